The van der Waals surface area contributed by atoms with Crippen LogP contribution in [0.3, 0.4) is 0 Å². The summed E-state index contributed by atoms with van der Waals surface area (Å²) in [6.07, 6.45) is 6.55. The zero-order valence-corrected chi connectivity index (χ0v) is 14.6. The summed E-state index contributed by atoms with van der Waals surface area (Å²) in [5, 5.41) is 7.19. The van der Waals surface area contributed by atoms with Crippen LogP contribution in [0.25, 0.3) is 0 Å². The van der Waals surface area contributed by atoms with Crippen LogP contribution in [0.15, 0.2) is 61.1 Å². The number of hydrogen-bond acceptors (Lipinski definition) is 3. The molecule has 134 valence electrons. The summed E-state index contributed by atoms with van der Waals surface area (Å²) >= 11 is 0. The number of aromatic nitrogens is 3. The smallest absolute Gasteiger partial charge is 0.226 e. The molecule has 1 atom stereocenters. The fourth-order valence-corrected chi connectivity index (χ4v) is 2.73. The monoisotopic (exact) mass is 352 g/mol. The van der Waals surface area contributed by atoms with E-state index < -0.39 is 0 Å². The van der Waals surface area contributed by atoms with Crippen molar-refractivity contribution in [2.45, 2.75) is 32.2 Å². The lowest BCUT2D eigenvalue weighted by atomic mass is 9.97. The van der Waals surface area contributed by atoms with Gasteiger partial charge in [0.15, 0.2) is 5.82 Å². The third-order valence-corrected chi connectivity index (χ3v) is 4.22. The minimum atomic E-state index is -0.275. The van der Waals surface area contributed by atoms with Crippen LogP contribution >= 0.6 is 0 Å². The molecule has 0 bridgehead atoms. The van der Waals surface area contributed by atoms with Crippen LogP contribution in [0.1, 0.15) is 30.4 Å². The minimum absolute atomic E-state index is 0.00405. The lowest BCUT2D eigenvalue weighted by Gasteiger charge is -2.11. The Morgan fingerprint density at radius 1 is 1.15 bits per heavy atom. The van der Waals surface area contributed by atoms with Gasteiger partial charge in [-0.1, -0.05) is 19.1 Å². The van der Waals surface area contributed by atoms with Gasteiger partial charge in [0.05, 0.1) is 0 Å². The Morgan fingerprint density at radius 2 is 1.88 bits per heavy atom. The van der Waals surface area contributed by atoms with Crippen molar-refractivity contribution in [3.05, 3.63) is 78.0 Å². The highest BCUT2D eigenvalue weighted by Gasteiger charge is 2.12. The predicted octanol–water partition coefficient (Wildman–Crippen LogP) is 3.79. The van der Waals surface area contributed by atoms with Crippen LogP contribution in [-0.4, -0.2) is 20.7 Å². The van der Waals surface area contributed by atoms with Crippen molar-refractivity contribution in [2.24, 2.45) is 0 Å². The second-order valence-electron chi connectivity index (χ2n) is 6.27. The Balaban J connectivity index is 1.50. The van der Waals surface area contributed by atoms with Crippen molar-refractivity contribution < 1.29 is 9.18 Å². The first-order valence-electron chi connectivity index (χ1n) is 8.58. The molecule has 1 amide bonds. The van der Waals surface area contributed by atoms with Crippen LogP contribution in [-0.2, 0) is 17.8 Å². The molecule has 2 heterocycles. The van der Waals surface area contributed by atoms with Crippen molar-refractivity contribution >= 4 is 11.7 Å². The number of benzene rings is 1. The van der Waals surface area contributed by atoms with Crippen LogP contribution < -0.4 is 5.32 Å². The van der Waals surface area contributed by atoms with E-state index in [4.69, 9.17) is 0 Å². The average molecular weight is 352 g/mol. The molecule has 0 aliphatic rings. The summed E-state index contributed by atoms with van der Waals surface area (Å²) in [6, 6.07) is 12.0. The van der Waals surface area contributed by atoms with Crippen molar-refractivity contribution in [1.29, 1.82) is 0 Å². The van der Waals surface area contributed by atoms with Gasteiger partial charge in [0, 0.05) is 37.6 Å². The first-order valence-corrected chi connectivity index (χ1v) is 8.58. The maximum absolute atomic E-state index is 13.0. The average Bonchev–Trinajstić information content (AvgIpc) is 3.08. The van der Waals surface area contributed by atoms with E-state index in [9.17, 15) is 9.18 Å². The molecular weight excluding hydrogens is 331 g/mol. The molecular formula is C20H21FN4O. The van der Waals surface area contributed by atoms with Gasteiger partial charge in [0.2, 0.25) is 5.91 Å². The number of amides is 1. The molecule has 1 unspecified atom stereocenters. The van der Waals surface area contributed by atoms with E-state index in [0.717, 1.165) is 18.5 Å². The van der Waals surface area contributed by atoms with Gasteiger partial charge in [0.1, 0.15) is 5.82 Å². The second kappa shape index (κ2) is 8.38. The Morgan fingerprint density at radius 3 is 2.62 bits per heavy atom. The molecule has 0 aliphatic carbocycles. The van der Waals surface area contributed by atoms with E-state index >= 15 is 0 Å². The van der Waals surface area contributed by atoms with Crippen LogP contribution in [0.2, 0.25) is 0 Å². The summed E-state index contributed by atoms with van der Waals surface area (Å²) < 4.78 is 14.8. The van der Waals surface area contributed by atoms with Gasteiger partial charge in [-0.3, -0.25) is 14.5 Å². The molecule has 0 spiro atoms. The summed E-state index contributed by atoms with van der Waals surface area (Å²) in [6.45, 7) is 2.67. The van der Waals surface area contributed by atoms with Crippen molar-refractivity contribution in [3.63, 3.8) is 0 Å². The number of aryl methyl sites for hydroxylation is 2. The fourth-order valence-electron chi connectivity index (χ4n) is 2.73. The molecule has 3 aromatic rings. The molecule has 26 heavy (non-hydrogen) atoms. The number of halogens is 1. The summed E-state index contributed by atoms with van der Waals surface area (Å²) in [7, 11) is 0. The molecule has 0 fully saturated rings. The first kappa shape index (κ1) is 17.8. The number of anilines is 1. The lowest BCUT2D eigenvalue weighted by molar-refractivity contribution is -0.116. The molecule has 1 N–H and O–H groups in total. The Hall–Kier alpha value is -3.02. The number of hydrogen-bond donors (Lipinski definition) is 1. The van der Waals surface area contributed by atoms with Gasteiger partial charge in [-0.2, -0.15) is 5.10 Å². The maximum Gasteiger partial charge on any atom is 0.226 e. The molecule has 2 aromatic heterocycles. The first-order chi connectivity index (χ1) is 12.6. The highest BCUT2D eigenvalue weighted by molar-refractivity contribution is 5.90. The van der Waals surface area contributed by atoms with E-state index in [1.165, 1.54) is 17.7 Å². The maximum atomic E-state index is 13.0. The van der Waals surface area contributed by atoms with Crippen LogP contribution in [0, 0.1) is 5.82 Å². The molecule has 5 nitrogen and oxygen atoms in total. The number of rotatable bonds is 7. The predicted molar refractivity (Wildman–Crippen MR) is 98.2 cm³/mol. The highest BCUT2D eigenvalue weighted by Crippen LogP contribution is 2.20. The van der Waals surface area contributed by atoms with Gasteiger partial charge in [-0.25, -0.2) is 4.39 Å². The van der Waals surface area contributed by atoms with Gasteiger partial charge in [-0.15, -0.1) is 0 Å². The summed E-state index contributed by atoms with van der Waals surface area (Å²) in [5.74, 6) is 0.157. The van der Waals surface area contributed by atoms with Crippen LogP contribution in [0.5, 0.6) is 0 Å². The number of pyridine rings is 1. The van der Waals surface area contributed by atoms with E-state index in [1.54, 1.807) is 35.3 Å². The van der Waals surface area contributed by atoms with Gasteiger partial charge in [-0.05, 0) is 47.7 Å². The summed E-state index contributed by atoms with van der Waals surface area (Å²) in [5.41, 5.74) is 2.12. The van der Waals surface area contributed by atoms with Crippen LogP contribution in [0.4, 0.5) is 10.2 Å². The number of nitrogens with one attached hydrogen (secondary N) is 1. The Bertz CT molecular complexity index is 846. The highest BCUT2D eigenvalue weighted by atomic mass is 19.1. The number of nitrogens with zero attached hydrogens (tertiary/aromatic N) is 3. The third-order valence-electron chi connectivity index (χ3n) is 4.22. The van der Waals surface area contributed by atoms with Gasteiger partial charge < -0.3 is 5.32 Å². The molecule has 3 rings (SSSR count). The summed E-state index contributed by atoms with van der Waals surface area (Å²) in [4.78, 5) is 16.2. The van der Waals surface area contributed by atoms with E-state index in [1.807, 2.05) is 25.3 Å². The van der Waals surface area contributed by atoms with Crippen molar-refractivity contribution in [2.75, 3.05) is 5.32 Å². The third kappa shape index (κ3) is 4.99. The van der Waals surface area contributed by atoms with E-state index in [0.29, 0.717) is 12.2 Å². The van der Waals surface area contributed by atoms with Crippen molar-refractivity contribution in [3.8, 4) is 0 Å². The van der Waals surface area contributed by atoms with E-state index in [-0.39, 0.29) is 17.6 Å². The Kier molecular flexibility index (Phi) is 5.73. The number of carbonyl (C=O) groups is 1. The Labute approximate surface area is 151 Å². The van der Waals surface area contributed by atoms with Crippen molar-refractivity contribution in [1.82, 2.24) is 14.8 Å². The minimum Gasteiger partial charge on any atom is -0.309 e. The molecule has 0 aliphatic heterocycles. The van der Waals surface area contributed by atoms with Gasteiger partial charge in [0.25, 0.3) is 0 Å². The second-order valence-corrected chi connectivity index (χ2v) is 6.27. The molecule has 0 radical (unpaired) electrons. The zero-order valence-electron chi connectivity index (χ0n) is 14.6. The lowest BCUT2D eigenvalue weighted by Crippen LogP contribution is -2.15. The topological polar surface area (TPSA) is 59.8 Å². The molecule has 0 saturated carbocycles. The SMILES string of the molecule is CC(CC(=O)Nc1ccn(CCc2ccncc2)n1)c1ccc(F)cc1. The van der Waals surface area contributed by atoms with E-state index in [2.05, 4.69) is 15.4 Å². The quantitative estimate of drug-likeness (QED) is 0.704. The largest absolute Gasteiger partial charge is 0.309 e. The van der Waals surface area contributed by atoms with Gasteiger partial charge >= 0.3 is 0 Å². The standard InChI is InChI=1S/C20H21FN4O/c1-15(17-2-4-18(21)5-3-17)14-20(26)23-19-9-13-25(24-19)12-8-16-6-10-22-11-7-16/h2-7,9-11,13,15H,8,12,14H2,1H3,(H,23,24,26). The molecule has 6 heteroatoms. The zero-order chi connectivity index (χ0) is 18.4. The normalized spacial score (nSPS) is 11.9. The fraction of sp³-hybridized carbons (Fsp3) is 0.250. The number of carbonyl (C=O) groups excluding carboxylic acids is 1. The molecule has 0 saturated heterocycles. The molecule has 1 aromatic carbocycles.